The Balaban J connectivity index is 2.23. The maximum absolute atomic E-state index is 9.36. The quantitative estimate of drug-likeness (QED) is 0.750. The van der Waals surface area contributed by atoms with Gasteiger partial charge in [0.05, 0.1) is 38.3 Å². The second-order valence-electron chi connectivity index (χ2n) is 6.10. The van der Waals surface area contributed by atoms with Crippen molar-refractivity contribution in [3.8, 4) is 17.6 Å². The van der Waals surface area contributed by atoms with Gasteiger partial charge in [-0.05, 0) is 19.6 Å². The lowest BCUT2D eigenvalue weighted by molar-refractivity contribution is 0.138. The third kappa shape index (κ3) is 4.43. The van der Waals surface area contributed by atoms with Crippen molar-refractivity contribution in [2.24, 2.45) is 0 Å². The number of nitrogens with zero attached hydrogens (tertiary/aromatic N) is 2. The van der Waals surface area contributed by atoms with Crippen molar-refractivity contribution < 1.29 is 18.6 Å². The first-order chi connectivity index (χ1) is 10.4. The van der Waals surface area contributed by atoms with Crippen LogP contribution in [0.5, 0.6) is 11.5 Å². The Bertz CT molecular complexity index is 547. The first-order valence-corrected chi connectivity index (χ1v) is 10.7. The van der Waals surface area contributed by atoms with Gasteiger partial charge in [-0.25, -0.2) is 0 Å². The van der Waals surface area contributed by atoms with Crippen LogP contribution in [0.1, 0.15) is 18.2 Å². The molecule has 0 saturated carbocycles. The Morgan fingerprint density at radius 2 is 2.18 bits per heavy atom. The van der Waals surface area contributed by atoms with E-state index in [9.17, 15) is 5.26 Å². The molecular weight excluding hydrogens is 300 g/mol. The first kappa shape index (κ1) is 16.7. The smallest absolute Gasteiger partial charge is 0.186 e. The third-order valence-corrected chi connectivity index (χ3v) is 4.05. The number of nitriles is 1. The van der Waals surface area contributed by atoms with E-state index in [4.69, 9.17) is 18.6 Å². The highest BCUT2D eigenvalue weighted by Gasteiger charge is 2.25. The molecule has 1 saturated heterocycles. The Hall–Kier alpha value is -1.62. The average Bonchev–Trinajstić information content (AvgIpc) is 2.96. The number of pyridine rings is 1. The lowest BCUT2D eigenvalue weighted by Crippen LogP contribution is -2.28. The van der Waals surface area contributed by atoms with Crippen molar-refractivity contribution >= 4 is 8.32 Å². The van der Waals surface area contributed by atoms with Crippen LogP contribution in [-0.4, -0.2) is 39.7 Å². The van der Waals surface area contributed by atoms with Gasteiger partial charge < -0.3 is 18.6 Å². The molecule has 0 aromatic carbocycles. The van der Waals surface area contributed by atoms with Gasteiger partial charge in [-0.15, -0.1) is 0 Å². The maximum atomic E-state index is 9.36. The molecule has 0 N–H and O–H groups in total. The van der Waals surface area contributed by atoms with Gasteiger partial charge in [-0.2, -0.15) is 5.26 Å². The highest BCUT2D eigenvalue weighted by Crippen LogP contribution is 2.32. The van der Waals surface area contributed by atoms with Gasteiger partial charge in [0, 0.05) is 12.5 Å². The van der Waals surface area contributed by atoms with E-state index in [1.165, 1.54) is 0 Å². The molecule has 6 nitrogen and oxygen atoms in total. The molecule has 0 spiro atoms. The topological polar surface area (TPSA) is 73.6 Å². The Morgan fingerprint density at radius 3 is 2.73 bits per heavy atom. The molecule has 0 bridgehead atoms. The van der Waals surface area contributed by atoms with E-state index < -0.39 is 14.4 Å². The molecule has 7 heteroatoms. The maximum Gasteiger partial charge on any atom is 0.186 e. The Morgan fingerprint density at radius 1 is 1.41 bits per heavy atom. The molecule has 0 radical (unpaired) electrons. The zero-order chi connectivity index (χ0) is 16.2. The molecule has 2 heterocycles. The van der Waals surface area contributed by atoms with Crippen LogP contribution in [0.2, 0.25) is 19.6 Å². The number of ether oxygens (including phenoxy) is 3. The average molecular weight is 322 g/mol. The highest BCUT2D eigenvalue weighted by molar-refractivity contribution is 6.69. The lowest BCUT2D eigenvalue weighted by atomic mass is 10.2. The van der Waals surface area contributed by atoms with Gasteiger partial charge in [0.2, 0.25) is 0 Å². The van der Waals surface area contributed by atoms with Gasteiger partial charge >= 0.3 is 0 Å². The molecule has 1 aliphatic heterocycles. The normalized spacial score (nSPS) is 19.5. The fourth-order valence-corrected chi connectivity index (χ4v) is 3.00. The van der Waals surface area contributed by atoms with Crippen molar-refractivity contribution in [3.63, 3.8) is 0 Å². The van der Waals surface area contributed by atoms with Crippen LogP contribution < -0.4 is 9.47 Å². The molecule has 2 rings (SSSR count). The number of aromatic nitrogens is 1. The standard InChI is InChI=1S/C15H22N2O4Si/c1-18-15-9-17-12(14(8-16)21-22(2,3)4)7-13(15)20-11-5-6-19-10-11/h7,9,11,14H,5-6,10H2,1-4H3. The van der Waals surface area contributed by atoms with Gasteiger partial charge in [-0.3, -0.25) is 4.98 Å². The summed E-state index contributed by atoms with van der Waals surface area (Å²) in [6.45, 7) is 7.37. The second kappa shape index (κ2) is 7.09. The van der Waals surface area contributed by atoms with Gasteiger partial charge in [-0.1, -0.05) is 0 Å². The summed E-state index contributed by atoms with van der Waals surface area (Å²) < 4.78 is 22.4. The Kier molecular flexibility index (Phi) is 5.40. The summed E-state index contributed by atoms with van der Waals surface area (Å²) in [7, 11) is -0.289. The molecule has 0 amide bonds. The zero-order valence-electron chi connectivity index (χ0n) is 13.5. The van der Waals surface area contributed by atoms with E-state index in [0.717, 1.165) is 6.42 Å². The fourth-order valence-electron chi connectivity index (χ4n) is 2.12. The van der Waals surface area contributed by atoms with Crippen molar-refractivity contribution in [2.75, 3.05) is 20.3 Å². The molecule has 1 aromatic rings. The molecule has 0 aliphatic carbocycles. The minimum Gasteiger partial charge on any atom is -0.491 e. The van der Waals surface area contributed by atoms with Crippen molar-refractivity contribution in [2.45, 2.75) is 38.3 Å². The summed E-state index contributed by atoms with van der Waals surface area (Å²) in [4.78, 5) is 4.28. The largest absolute Gasteiger partial charge is 0.491 e. The summed E-state index contributed by atoms with van der Waals surface area (Å²) in [6.07, 6.45) is 1.72. The van der Waals surface area contributed by atoms with E-state index in [1.54, 1.807) is 19.4 Å². The molecule has 120 valence electrons. The molecule has 2 atom stereocenters. The van der Waals surface area contributed by atoms with Crippen LogP contribution in [0.25, 0.3) is 0 Å². The molecule has 22 heavy (non-hydrogen) atoms. The van der Waals surface area contributed by atoms with Crippen LogP contribution in [0, 0.1) is 11.3 Å². The minimum atomic E-state index is -1.85. The number of rotatable bonds is 6. The van der Waals surface area contributed by atoms with Crippen LogP contribution in [0.15, 0.2) is 12.3 Å². The predicted molar refractivity (Wildman–Crippen MR) is 83.4 cm³/mol. The SMILES string of the molecule is COc1cnc(C(C#N)O[Si](C)(C)C)cc1OC1CCOC1. The van der Waals surface area contributed by atoms with E-state index in [1.807, 2.05) is 19.6 Å². The van der Waals surface area contributed by atoms with Gasteiger partial charge in [0.25, 0.3) is 0 Å². The summed E-state index contributed by atoms with van der Waals surface area (Å²) in [5.41, 5.74) is 0.541. The molecule has 1 aliphatic rings. The summed E-state index contributed by atoms with van der Waals surface area (Å²) in [6, 6.07) is 3.89. The first-order valence-electron chi connectivity index (χ1n) is 7.28. The van der Waals surface area contributed by atoms with Gasteiger partial charge in [0.15, 0.2) is 25.9 Å². The van der Waals surface area contributed by atoms with Crippen molar-refractivity contribution in [1.29, 1.82) is 5.26 Å². The predicted octanol–water partition coefficient (Wildman–Crippen LogP) is 2.67. The zero-order valence-corrected chi connectivity index (χ0v) is 14.5. The Labute approximate surface area is 132 Å². The number of hydrogen-bond donors (Lipinski definition) is 0. The van der Waals surface area contributed by atoms with E-state index in [-0.39, 0.29) is 6.10 Å². The summed E-state index contributed by atoms with van der Waals surface area (Å²) in [5, 5.41) is 9.36. The fraction of sp³-hybridized carbons (Fsp3) is 0.600. The second-order valence-corrected chi connectivity index (χ2v) is 10.6. The van der Waals surface area contributed by atoms with E-state index in [0.29, 0.717) is 30.4 Å². The molecular formula is C15H22N2O4Si. The lowest BCUT2D eigenvalue weighted by Gasteiger charge is -2.22. The monoisotopic (exact) mass is 322 g/mol. The van der Waals surface area contributed by atoms with Crippen molar-refractivity contribution in [3.05, 3.63) is 18.0 Å². The number of hydrogen-bond acceptors (Lipinski definition) is 6. The van der Waals surface area contributed by atoms with Crippen LogP contribution >= 0.6 is 0 Å². The van der Waals surface area contributed by atoms with E-state index >= 15 is 0 Å². The van der Waals surface area contributed by atoms with Crippen LogP contribution in [0.3, 0.4) is 0 Å². The molecule has 1 aromatic heterocycles. The summed E-state index contributed by atoms with van der Waals surface area (Å²) in [5.74, 6) is 1.11. The van der Waals surface area contributed by atoms with Crippen LogP contribution in [-0.2, 0) is 9.16 Å². The minimum absolute atomic E-state index is 0.00240. The van der Waals surface area contributed by atoms with Crippen molar-refractivity contribution in [1.82, 2.24) is 4.98 Å². The molecule has 2 unspecified atom stereocenters. The highest BCUT2D eigenvalue weighted by atomic mass is 28.4. The molecule has 1 fully saturated rings. The van der Waals surface area contributed by atoms with Crippen LogP contribution in [0.4, 0.5) is 0 Å². The number of methoxy groups -OCH3 is 1. The third-order valence-electron chi connectivity index (χ3n) is 3.11. The summed E-state index contributed by atoms with van der Waals surface area (Å²) >= 11 is 0. The van der Waals surface area contributed by atoms with Gasteiger partial charge in [0.1, 0.15) is 6.10 Å². The van der Waals surface area contributed by atoms with E-state index in [2.05, 4.69) is 11.1 Å².